The highest BCUT2D eigenvalue weighted by Gasteiger charge is 2.07. The van der Waals surface area contributed by atoms with Crippen LogP contribution >= 0.6 is 0 Å². The van der Waals surface area contributed by atoms with Crippen LogP contribution in [-0.4, -0.2) is 11.4 Å². The lowest BCUT2D eigenvalue weighted by Crippen LogP contribution is -2.21. The van der Waals surface area contributed by atoms with Gasteiger partial charge in [-0.2, -0.15) is 0 Å². The Labute approximate surface area is 94.5 Å². The third kappa shape index (κ3) is 4.20. The average Bonchev–Trinajstić information content (AvgIpc) is 2.18. The van der Waals surface area contributed by atoms with Crippen molar-refractivity contribution in [3.63, 3.8) is 0 Å². The van der Waals surface area contributed by atoms with Crippen molar-refractivity contribution in [3.05, 3.63) is 48.4 Å². The van der Waals surface area contributed by atoms with Crippen molar-refractivity contribution in [2.24, 2.45) is 0 Å². The van der Waals surface area contributed by atoms with Crippen molar-refractivity contribution < 1.29 is 0 Å². The van der Waals surface area contributed by atoms with E-state index < -0.39 is 0 Å². The number of nitrogens with zero attached hydrogens (tertiary/aromatic N) is 1. The first kappa shape index (κ1) is 13.8. The average molecular weight is 205 g/mol. The van der Waals surface area contributed by atoms with Crippen LogP contribution in [0.5, 0.6) is 0 Å². The molecule has 1 nitrogen and oxygen atoms in total. The number of hydrogen-bond acceptors (Lipinski definition) is 1. The molecule has 0 aromatic carbocycles. The van der Waals surface area contributed by atoms with E-state index in [4.69, 9.17) is 0 Å². The van der Waals surface area contributed by atoms with Gasteiger partial charge >= 0.3 is 0 Å². The zero-order chi connectivity index (χ0) is 11.8. The molecule has 0 amide bonds. The van der Waals surface area contributed by atoms with E-state index in [2.05, 4.69) is 38.0 Å². The summed E-state index contributed by atoms with van der Waals surface area (Å²) in [4.78, 5) is 2.21. The van der Waals surface area contributed by atoms with Gasteiger partial charge in [-0.3, -0.25) is 0 Å². The van der Waals surface area contributed by atoms with Crippen LogP contribution in [0.4, 0.5) is 0 Å². The van der Waals surface area contributed by atoms with Crippen molar-refractivity contribution in [1.29, 1.82) is 0 Å². The molecule has 0 bridgehead atoms. The summed E-state index contributed by atoms with van der Waals surface area (Å²) in [6.45, 7) is 17.2. The Balaban J connectivity index is 5.13. The molecule has 15 heavy (non-hydrogen) atoms. The Hall–Kier alpha value is -1.24. The van der Waals surface area contributed by atoms with Crippen LogP contribution < -0.4 is 0 Å². The van der Waals surface area contributed by atoms with E-state index in [1.807, 2.05) is 26.0 Å². The van der Waals surface area contributed by atoms with E-state index in [-0.39, 0.29) is 0 Å². The van der Waals surface area contributed by atoms with E-state index in [9.17, 15) is 0 Å². The number of allylic oxidation sites excluding steroid dienone is 5. The fourth-order valence-corrected chi connectivity index (χ4v) is 1.56. The smallest absolute Gasteiger partial charge is 0.0431 e. The van der Waals surface area contributed by atoms with Crippen molar-refractivity contribution in [2.75, 3.05) is 6.54 Å². The molecule has 84 valence electrons. The van der Waals surface area contributed by atoms with E-state index in [0.29, 0.717) is 0 Å². The Kier molecular flexibility index (Phi) is 6.52. The summed E-state index contributed by atoms with van der Waals surface area (Å²) >= 11 is 0. The molecule has 0 aromatic heterocycles. The van der Waals surface area contributed by atoms with Crippen molar-refractivity contribution in [2.45, 2.75) is 34.1 Å². The van der Waals surface area contributed by atoms with Gasteiger partial charge in [0.15, 0.2) is 0 Å². The number of hydrogen-bond donors (Lipinski definition) is 0. The normalized spacial score (nSPS) is 12.5. The molecular weight excluding hydrogens is 182 g/mol. The molecule has 0 aliphatic rings. The largest absolute Gasteiger partial charge is 0.346 e. The van der Waals surface area contributed by atoms with Gasteiger partial charge in [-0.15, -0.1) is 0 Å². The van der Waals surface area contributed by atoms with Crippen LogP contribution in [0.3, 0.4) is 0 Å². The summed E-state index contributed by atoms with van der Waals surface area (Å²) in [7, 11) is 0. The van der Waals surface area contributed by atoms with Gasteiger partial charge in [0.05, 0.1) is 0 Å². The molecular formula is C14H23N. The van der Waals surface area contributed by atoms with Crippen molar-refractivity contribution in [1.82, 2.24) is 4.90 Å². The van der Waals surface area contributed by atoms with Crippen LogP contribution in [0.1, 0.15) is 34.1 Å². The molecule has 1 heteroatoms. The van der Waals surface area contributed by atoms with Gasteiger partial charge in [0, 0.05) is 17.9 Å². The van der Waals surface area contributed by atoms with Gasteiger partial charge in [-0.1, -0.05) is 32.2 Å². The van der Waals surface area contributed by atoms with Gasteiger partial charge < -0.3 is 4.90 Å². The summed E-state index contributed by atoms with van der Waals surface area (Å²) in [6.07, 6.45) is 7.15. The molecule has 0 aromatic rings. The van der Waals surface area contributed by atoms with E-state index in [1.165, 1.54) is 5.57 Å². The summed E-state index contributed by atoms with van der Waals surface area (Å²) in [5.41, 5.74) is 3.45. The Morgan fingerprint density at radius 2 is 1.93 bits per heavy atom. The summed E-state index contributed by atoms with van der Waals surface area (Å²) in [5.74, 6) is 0. The fraction of sp³-hybridized carbons (Fsp3) is 0.429. The molecule has 0 atom stereocenters. The first-order chi connectivity index (χ1) is 7.08. The molecule has 0 aliphatic heterocycles. The molecule has 0 unspecified atom stereocenters. The van der Waals surface area contributed by atoms with E-state index in [1.54, 1.807) is 0 Å². The lowest BCUT2D eigenvalue weighted by Gasteiger charge is -2.26. The predicted octanol–water partition coefficient (Wildman–Crippen LogP) is 4.27. The number of rotatable bonds is 6. The Bertz CT molecular complexity index is 282. The zero-order valence-corrected chi connectivity index (χ0v) is 10.5. The Morgan fingerprint density at radius 1 is 1.33 bits per heavy atom. The van der Waals surface area contributed by atoms with Crippen LogP contribution in [0.25, 0.3) is 0 Å². The molecule has 0 heterocycles. The highest BCUT2D eigenvalue weighted by Crippen LogP contribution is 2.17. The molecule has 0 aliphatic carbocycles. The quantitative estimate of drug-likeness (QED) is 0.585. The van der Waals surface area contributed by atoms with Gasteiger partial charge in [0.25, 0.3) is 0 Å². The standard InChI is InChI=1S/C14H23N/c1-7-10-13(6)14(9-3)15(11-8-2)12(4)5/h7,9-10H,3-4,8,11H2,1-2,5-6H3/b10-7+,14-13+. The predicted molar refractivity (Wildman–Crippen MR) is 69.5 cm³/mol. The monoisotopic (exact) mass is 205 g/mol. The lowest BCUT2D eigenvalue weighted by molar-refractivity contribution is 0.437. The topological polar surface area (TPSA) is 3.24 Å². The van der Waals surface area contributed by atoms with Crippen molar-refractivity contribution in [3.8, 4) is 0 Å². The SMILES string of the molecule is C=C/C(=C(C)\C=C\C)N(CCC)C(=C)C. The first-order valence-electron chi connectivity index (χ1n) is 5.47. The zero-order valence-electron chi connectivity index (χ0n) is 10.5. The minimum Gasteiger partial charge on any atom is -0.346 e. The molecule has 0 saturated heterocycles. The summed E-state index contributed by atoms with van der Waals surface area (Å²) in [5, 5.41) is 0. The molecule has 0 N–H and O–H groups in total. The summed E-state index contributed by atoms with van der Waals surface area (Å²) in [6, 6.07) is 0. The summed E-state index contributed by atoms with van der Waals surface area (Å²) < 4.78 is 0. The van der Waals surface area contributed by atoms with Gasteiger partial charge in [0.1, 0.15) is 0 Å². The van der Waals surface area contributed by atoms with Crippen LogP contribution in [0.15, 0.2) is 48.4 Å². The maximum Gasteiger partial charge on any atom is 0.0431 e. The molecule has 0 saturated carbocycles. The van der Waals surface area contributed by atoms with Gasteiger partial charge in [-0.05, 0) is 38.8 Å². The second-order valence-electron chi connectivity index (χ2n) is 3.66. The second-order valence-corrected chi connectivity index (χ2v) is 3.66. The highest BCUT2D eigenvalue weighted by molar-refractivity contribution is 5.31. The maximum absolute atomic E-state index is 4.01. The second kappa shape index (κ2) is 7.10. The molecule has 0 radical (unpaired) electrons. The van der Waals surface area contributed by atoms with Crippen LogP contribution in [0, 0.1) is 0 Å². The minimum atomic E-state index is 0.992. The first-order valence-corrected chi connectivity index (χ1v) is 5.47. The van der Waals surface area contributed by atoms with Crippen molar-refractivity contribution >= 4 is 0 Å². The van der Waals surface area contributed by atoms with Crippen LogP contribution in [-0.2, 0) is 0 Å². The lowest BCUT2D eigenvalue weighted by atomic mass is 10.1. The van der Waals surface area contributed by atoms with Crippen LogP contribution in [0.2, 0.25) is 0 Å². The minimum absolute atomic E-state index is 0.992. The van der Waals surface area contributed by atoms with Gasteiger partial charge in [0.2, 0.25) is 0 Å². The molecule has 0 fully saturated rings. The molecule has 0 rings (SSSR count). The van der Waals surface area contributed by atoms with E-state index >= 15 is 0 Å². The third-order valence-electron chi connectivity index (χ3n) is 2.21. The highest BCUT2D eigenvalue weighted by atomic mass is 15.1. The third-order valence-corrected chi connectivity index (χ3v) is 2.21. The maximum atomic E-state index is 4.01. The molecule has 0 spiro atoms. The van der Waals surface area contributed by atoms with E-state index in [0.717, 1.165) is 24.4 Å². The fourth-order valence-electron chi connectivity index (χ4n) is 1.56. The Morgan fingerprint density at radius 3 is 2.27 bits per heavy atom. The van der Waals surface area contributed by atoms with Gasteiger partial charge in [-0.25, -0.2) is 0 Å².